The smallest absolute Gasteiger partial charge is 0.219 e. The first-order valence-electron chi connectivity index (χ1n) is 6.32. The van der Waals surface area contributed by atoms with E-state index in [1.54, 1.807) is 18.3 Å². The predicted octanol–water partition coefficient (Wildman–Crippen LogP) is 3.33. The van der Waals surface area contributed by atoms with E-state index in [2.05, 4.69) is 17.1 Å². The van der Waals surface area contributed by atoms with E-state index in [0.717, 1.165) is 12.2 Å². The van der Waals surface area contributed by atoms with Crippen molar-refractivity contribution in [1.29, 1.82) is 0 Å². The molecule has 0 aliphatic heterocycles. The Morgan fingerprint density at radius 2 is 1.83 bits per heavy atom. The highest BCUT2D eigenvalue weighted by molar-refractivity contribution is 5.40. The Kier molecular flexibility index (Phi) is 2.89. The molecular weight excluding hydrogens is 224 g/mol. The third kappa shape index (κ3) is 2.30. The van der Waals surface area contributed by atoms with Gasteiger partial charge in [0.2, 0.25) is 5.88 Å². The van der Waals surface area contributed by atoms with Crippen LogP contribution in [0, 0.1) is 0 Å². The van der Waals surface area contributed by atoms with Crippen LogP contribution in [0.1, 0.15) is 24.0 Å². The highest BCUT2D eigenvalue weighted by Crippen LogP contribution is 2.27. The molecule has 2 N–H and O–H groups in total. The van der Waals surface area contributed by atoms with Crippen molar-refractivity contribution in [3.05, 3.63) is 47.7 Å². The molecule has 0 unspecified atom stereocenters. The molecule has 0 fully saturated rings. The standard InChI is InChI=1S/C15H16N2O/c16-13-6-8-15(17-10-13)18-14-7-5-11-3-1-2-4-12(11)9-14/h5-10H,1-4,16H2. The quantitative estimate of drug-likeness (QED) is 0.875. The van der Waals surface area contributed by atoms with Crippen molar-refractivity contribution in [2.24, 2.45) is 0 Å². The van der Waals surface area contributed by atoms with Crippen LogP contribution in [0.15, 0.2) is 36.5 Å². The van der Waals surface area contributed by atoms with Crippen molar-refractivity contribution in [3.8, 4) is 11.6 Å². The fourth-order valence-electron chi connectivity index (χ4n) is 2.35. The number of fused-ring (bicyclic) bond motifs is 1. The van der Waals surface area contributed by atoms with E-state index in [1.807, 2.05) is 6.07 Å². The Morgan fingerprint density at radius 1 is 1.00 bits per heavy atom. The zero-order chi connectivity index (χ0) is 12.4. The van der Waals surface area contributed by atoms with Crippen LogP contribution < -0.4 is 10.5 Å². The fraction of sp³-hybridized carbons (Fsp3) is 0.267. The lowest BCUT2D eigenvalue weighted by atomic mass is 9.92. The Bertz CT molecular complexity index is 549. The molecule has 0 saturated heterocycles. The highest BCUT2D eigenvalue weighted by Gasteiger charge is 2.10. The number of hydrogen-bond acceptors (Lipinski definition) is 3. The molecule has 0 radical (unpaired) electrons. The maximum Gasteiger partial charge on any atom is 0.219 e. The molecule has 0 spiro atoms. The van der Waals surface area contributed by atoms with Crippen molar-refractivity contribution in [1.82, 2.24) is 4.98 Å². The first kappa shape index (κ1) is 11.1. The summed E-state index contributed by atoms with van der Waals surface area (Å²) in [4.78, 5) is 4.14. The van der Waals surface area contributed by atoms with Crippen molar-refractivity contribution >= 4 is 5.69 Å². The van der Waals surface area contributed by atoms with Gasteiger partial charge in [-0.3, -0.25) is 0 Å². The molecule has 92 valence electrons. The van der Waals surface area contributed by atoms with E-state index in [9.17, 15) is 0 Å². The second-order valence-corrected chi connectivity index (χ2v) is 4.67. The van der Waals surface area contributed by atoms with Crippen molar-refractivity contribution in [3.63, 3.8) is 0 Å². The molecule has 1 aliphatic rings. The van der Waals surface area contributed by atoms with Gasteiger partial charge in [-0.25, -0.2) is 4.98 Å². The number of nitrogen functional groups attached to an aromatic ring is 1. The molecule has 2 aromatic rings. The maximum absolute atomic E-state index is 5.73. The largest absolute Gasteiger partial charge is 0.439 e. The maximum atomic E-state index is 5.73. The number of nitrogens with two attached hydrogens (primary N) is 1. The number of anilines is 1. The molecule has 1 aromatic heterocycles. The summed E-state index contributed by atoms with van der Waals surface area (Å²) >= 11 is 0. The summed E-state index contributed by atoms with van der Waals surface area (Å²) in [7, 11) is 0. The molecule has 0 bridgehead atoms. The minimum Gasteiger partial charge on any atom is -0.439 e. The summed E-state index contributed by atoms with van der Waals surface area (Å²) in [5.41, 5.74) is 9.11. The number of aromatic nitrogens is 1. The molecular formula is C15H16N2O. The zero-order valence-electron chi connectivity index (χ0n) is 10.2. The van der Waals surface area contributed by atoms with Crippen LogP contribution in [0.2, 0.25) is 0 Å². The van der Waals surface area contributed by atoms with E-state index in [4.69, 9.17) is 10.5 Å². The number of aryl methyl sites for hydroxylation is 2. The van der Waals surface area contributed by atoms with E-state index in [0.29, 0.717) is 11.6 Å². The van der Waals surface area contributed by atoms with Gasteiger partial charge >= 0.3 is 0 Å². The van der Waals surface area contributed by atoms with Gasteiger partial charge in [0, 0.05) is 6.07 Å². The van der Waals surface area contributed by atoms with Crippen LogP contribution >= 0.6 is 0 Å². The number of nitrogens with zero attached hydrogens (tertiary/aromatic N) is 1. The second-order valence-electron chi connectivity index (χ2n) is 4.67. The Balaban J connectivity index is 1.82. The van der Waals surface area contributed by atoms with Crippen LogP contribution in [0.25, 0.3) is 0 Å². The van der Waals surface area contributed by atoms with E-state index < -0.39 is 0 Å². The molecule has 1 aromatic carbocycles. The predicted molar refractivity (Wildman–Crippen MR) is 71.8 cm³/mol. The third-order valence-electron chi connectivity index (χ3n) is 3.30. The lowest BCUT2D eigenvalue weighted by Crippen LogP contribution is -2.02. The minimum atomic E-state index is 0.583. The van der Waals surface area contributed by atoms with Crippen molar-refractivity contribution < 1.29 is 4.74 Å². The molecule has 3 heteroatoms. The fourth-order valence-corrected chi connectivity index (χ4v) is 2.35. The average molecular weight is 240 g/mol. The van der Waals surface area contributed by atoms with Gasteiger partial charge in [0.1, 0.15) is 5.75 Å². The summed E-state index contributed by atoms with van der Waals surface area (Å²) < 4.78 is 5.73. The number of hydrogen-bond donors (Lipinski definition) is 1. The van der Waals surface area contributed by atoms with Gasteiger partial charge in [0.15, 0.2) is 0 Å². The van der Waals surface area contributed by atoms with Crippen LogP contribution in [0.4, 0.5) is 5.69 Å². The van der Waals surface area contributed by atoms with Crippen LogP contribution in [0.5, 0.6) is 11.6 Å². The van der Waals surface area contributed by atoms with Gasteiger partial charge in [0.05, 0.1) is 11.9 Å². The Morgan fingerprint density at radius 3 is 2.61 bits per heavy atom. The summed E-state index contributed by atoms with van der Waals surface area (Å²) in [5.74, 6) is 1.44. The monoisotopic (exact) mass is 240 g/mol. The van der Waals surface area contributed by atoms with Gasteiger partial charge in [-0.2, -0.15) is 0 Å². The topological polar surface area (TPSA) is 48.1 Å². The molecule has 3 rings (SSSR count). The lowest BCUT2D eigenvalue weighted by Gasteiger charge is -2.16. The molecule has 1 heterocycles. The normalized spacial score (nSPS) is 14.0. The van der Waals surface area contributed by atoms with Crippen LogP contribution in [-0.2, 0) is 12.8 Å². The highest BCUT2D eigenvalue weighted by atomic mass is 16.5. The molecule has 0 atom stereocenters. The number of ether oxygens (including phenoxy) is 1. The van der Waals surface area contributed by atoms with Crippen LogP contribution in [-0.4, -0.2) is 4.98 Å². The molecule has 0 amide bonds. The third-order valence-corrected chi connectivity index (χ3v) is 3.30. The first-order valence-corrected chi connectivity index (χ1v) is 6.32. The first-order chi connectivity index (χ1) is 8.81. The van der Waals surface area contributed by atoms with Gasteiger partial charge < -0.3 is 10.5 Å². The van der Waals surface area contributed by atoms with Gasteiger partial charge in [0.25, 0.3) is 0 Å². The number of benzene rings is 1. The molecule has 3 nitrogen and oxygen atoms in total. The van der Waals surface area contributed by atoms with E-state index in [-0.39, 0.29) is 0 Å². The van der Waals surface area contributed by atoms with Crippen molar-refractivity contribution in [2.75, 3.05) is 5.73 Å². The van der Waals surface area contributed by atoms with Gasteiger partial charge in [-0.05, 0) is 55.0 Å². The summed E-state index contributed by atoms with van der Waals surface area (Å²) in [5, 5.41) is 0. The second kappa shape index (κ2) is 4.69. The molecule has 1 aliphatic carbocycles. The SMILES string of the molecule is Nc1ccc(Oc2ccc3c(c2)CCCC3)nc1. The van der Waals surface area contributed by atoms with Gasteiger partial charge in [-0.1, -0.05) is 6.07 Å². The van der Waals surface area contributed by atoms with Gasteiger partial charge in [-0.15, -0.1) is 0 Å². The van der Waals surface area contributed by atoms with Crippen LogP contribution in [0.3, 0.4) is 0 Å². The Hall–Kier alpha value is -2.03. The Labute approximate surface area is 107 Å². The van der Waals surface area contributed by atoms with Crippen molar-refractivity contribution in [2.45, 2.75) is 25.7 Å². The average Bonchev–Trinajstić information content (AvgIpc) is 2.41. The van der Waals surface area contributed by atoms with E-state index in [1.165, 1.54) is 30.4 Å². The molecule has 18 heavy (non-hydrogen) atoms. The minimum absolute atomic E-state index is 0.583. The number of rotatable bonds is 2. The summed E-state index contributed by atoms with van der Waals surface area (Å²) in [6.07, 6.45) is 6.52. The lowest BCUT2D eigenvalue weighted by molar-refractivity contribution is 0.461. The zero-order valence-corrected chi connectivity index (χ0v) is 10.2. The summed E-state index contributed by atoms with van der Waals surface area (Å²) in [6.45, 7) is 0. The summed E-state index contributed by atoms with van der Waals surface area (Å²) in [6, 6.07) is 9.89. The number of pyridine rings is 1. The van der Waals surface area contributed by atoms with E-state index >= 15 is 0 Å². The molecule has 0 saturated carbocycles.